The molecule has 4 heteroatoms. The van der Waals surface area contributed by atoms with Crippen LogP contribution in [-0.4, -0.2) is 19.3 Å². The molecule has 1 aromatic carbocycles. The van der Waals surface area contributed by atoms with Crippen molar-refractivity contribution in [1.82, 2.24) is 19.3 Å². The highest BCUT2D eigenvalue weighted by atomic mass is 15.4. The molecule has 18 heavy (non-hydrogen) atoms. The van der Waals surface area contributed by atoms with Gasteiger partial charge in [0.1, 0.15) is 0 Å². The van der Waals surface area contributed by atoms with Crippen molar-refractivity contribution in [3.63, 3.8) is 0 Å². The van der Waals surface area contributed by atoms with E-state index in [9.17, 15) is 0 Å². The van der Waals surface area contributed by atoms with Crippen molar-refractivity contribution in [3.05, 3.63) is 60.7 Å². The van der Waals surface area contributed by atoms with Gasteiger partial charge < -0.3 is 0 Å². The van der Waals surface area contributed by atoms with Crippen LogP contribution in [0, 0.1) is 0 Å². The van der Waals surface area contributed by atoms with Gasteiger partial charge in [0.25, 0.3) is 0 Å². The van der Waals surface area contributed by atoms with Gasteiger partial charge in [-0.15, -0.1) is 0 Å². The Labute approximate surface area is 106 Å². The Morgan fingerprint density at radius 1 is 1.11 bits per heavy atom. The van der Waals surface area contributed by atoms with Crippen LogP contribution in [0.1, 0.15) is 12.6 Å². The standard InChI is InChI=1S/C14H14N4/c1-2-12-11-17(13-7-4-3-5-8-13)14(16-12)18-10-6-9-15-18/h3-11H,2H2,1H3. The summed E-state index contributed by atoms with van der Waals surface area (Å²) in [5.74, 6) is 0.822. The molecule has 3 aromatic rings. The van der Waals surface area contributed by atoms with Crippen molar-refractivity contribution in [2.24, 2.45) is 0 Å². The molecule has 0 unspecified atom stereocenters. The number of benzene rings is 1. The van der Waals surface area contributed by atoms with Crippen molar-refractivity contribution in [2.75, 3.05) is 0 Å². The van der Waals surface area contributed by atoms with E-state index in [0.29, 0.717) is 0 Å². The first kappa shape index (κ1) is 10.8. The molecule has 4 nitrogen and oxygen atoms in total. The molecule has 3 rings (SSSR count). The van der Waals surface area contributed by atoms with Gasteiger partial charge in [0.2, 0.25) is 5.95 Å². The second-order valence-corrected chi connectivity index (χ2v) is 4.04. The van der Waals surface area contributed by atoms with Gasteiger partial charge in [-0.05, 0) is 24.6 Å². The van der Waals surface area contributed by atoms with Crippen LogP contribution in [0.3, 0.4) is 0 Å². The molecule has 0 amide bonds. The molecule has 0 aliphatic heterocycles. The van der Waals surface area contributed by atoms with E-state index in [1.807, 2.05) is 30.5 Å². The molecule has 0 aliphatic rings. The Kier molecular flexibility index (Phi) is 2.68. The number of hydrogen-bond acceptors (Lipinski definition) is 2. The van der Waals surface area contributed by atoms with Gasteiger partial charge in [-0.2, -0.15) is 5.10 Å². The summed E-state index contributed by atoms with van der Waals surface area (Å²) in [4.78, 5) is 4.61. The predicted octanol–water partition coefficient (Wildman–Crippen LogP) is 2.62. The Morgan fingerprint density at radius 3 is 2.61 bits per heavy atom. The molecule has 2 aromatic heterocycles. The Morgan fingerprint density at radius 2 is 1.94 bits per heavy atom. The zero-order valence-corrected chi connectivity index (χ0v) is 10.2. The molecule has 0 bridgehead atoms. The molecular weight excluding hydrogens is 224 g/mol. The van der Waals surface area contributed by atoms with Crippen molar-refractivity contribution in [3.8, 4) is 11.6 Å². The zero-order valence-electron chi connectivity index (χ0n) is 10.2. The fraction of sp³-hybridized carbons (Fsp3) is 0.143. The van der Waals surface area contributed by atoms with Crippen LogP contribution < -0.4 is 0 Å². The van der Waals surface area contributed by atoms with Crippen LogP contribution in [0.4, 0.5) is 0 Å². The van der Waals surface area contributed by atoms with Crippen molar-refractivity contribution in [1.29, 1.82) is 0 Å². The maximum Gasteiger partial charge on any atom is 0.235 e. The minimum Gasteiger partial charge on any atom is -0.284 e. The van der Waals surface area contributed by atoms with Crippen molar-refractivity contribution in [2.45, 2.75) is 13.3 Å². The first-order valence-corrected chi connectivity index (χ1v) is 6.02. The van der Waals surface area contributed by atoms with Crippen LogP contribution >= 0.6 is 0 Å². The van der Waals surface area contributed by atoms with E-state index in [-0.39, 0.29) is 0 Å². The SMILES string of the molecule is CCc1cn(-c2ccccc2)c(-n2cccn2)n1. The van der Waals surface area contributed by atoms with Crippen LogP contribution in [0.15, 0.2) is 55.0 Å². The minimum absolute atomic E-state index is 0.822. The average molecular weight is 238 g/mol. The third-order valence-electron chi connectivity index (χ3n) is 2.84. The lowest BCUT2D eigenvalue weighted by Gasteiger charge is -2.06. The zero-order chi connectivity index (χ0) is 12.4. The maximum atomic E-state index is 4.61. The molecule has 90 valence electrons. The second kappa shape index (κ2) is 4.49. The highest BCUT2D eigenvalue weighted by Gasteiger charge is 2.10. The predicted molar refractivity (Wildman–Crippen MR) is 70.1 cm³/mol. The number of rotatable bonds is 3. The normalized spacial score (nSPS) is 10.7. The van der Waals surface area contributed by atoms with Crippen LogP contribution in [0.25, 0.3) is 11.6 Å². The lowest BCUT2D eigenvalue weighted by Crippen LogP contribution is -2.04. The second-order valence-electron chi connectivity index (χ2n) is 4.04. The van der Waals surface area contributed by atoms with Crippen molar-refractivity contribution >= 4 is 0 Å². The largest absolute Gasteiger partial charge is 0.284 e. The number of para-hydroxylation sites is 1. The highest BCUT2D eigenvalue weighted by Crippen LogP contribution is 2.15. The Balaban J connectivity index is 2.17. The van der Waals surface area contributed by atoms with E-state index in [1.165, 1.54) is 0 Å². The summed E-state index contributed by atoms with van der Waals surface area (Å²) in [7, 11) is 0. The number of hydrogen-bond donors (Lipinski definition) is 0. The third-order valence-corrected chi connectivity index (χ3v) is 2.84. The van der Waals surface area contributed by atoms with E-state index in [2.05, 4.69) is 39.9 Å². The monoisotopic (exact) mass is 238 g/mol. The lowest BCUT2D eigenvalue weighted by molar-refractivity contribution is 0.787. The molecule has 0 atom stereocenters. The van der Waals surface area contributed by atoms with Gasteiger partial charge in [-0.25, -0.2) is 9.67 Å². The fourth-order valence-electron chi connectivity index (χ4n) is 1.92. The maximum absolute atomic E-state index is 4.61. The molecule has 0 saturated heterocycles. The topological polar surface area (TPSA) is 35.6 Å². The first-order chi connectivity index (χ1) is 8.88. The van der Waals surface area contributed by atoms with E-state index in [1.54, 1.807) is 10.9 Å². The molecular formula is C14H14N4. The van der Waals surface area contributed by atoms with Gasteiger partial charge in [-0.3, -0.25) is 4.57 Å². The molecule has 0 fully saturated rings. The summed E-state index contributed by atoms with van der Waals surface area (Å²) in [5, 5.41) is 4.25. The quantitative estimate of drug-likeness (QED) is 0.703. The first-order valence-electron chi connectivity index (χ1n) is 6.02. The lowest BCUT2D eigenvalue weighted by atomic mass is 10.3. The van der Waals surface area contributed by atoms with Crippen molar-refractivity contribution < 1.29 is 0 Å². The molecule has 0 saturated carbocycles. The minimum atomic E-state index is 0.822. The molecule has 0 aliphatic carbocycles. The average Bonchev–Trinajstić information content (AvgIpc) is 3.08. The summed E-state index contributed by atoms with van der Waals surface area (Å²) < 4.78 is 3.85. The highest BCUT2D eigenvalue weighted by molar-refractivity contribution is 5.37. The molecule has 0 spiro atoms. The van der Waals surface area contributed by atoms with Gasteiger partial charge in [-0.1, -0.05) is 25.1 Å². The number of imidazole rings is 1. The van der Waals surface area contributed by atoms with E-state index >= 15 is 0 Å². The van der Waals surface area contributed by atoms with Crippen LogP contribution in [0.2, 0.25) is 0 Å². The summed E-state index contributed by atoms with van der Waals surface area (Å²) in [6, 6.07) is 12.1. The van der Waals surface area contributed by atoms with Crippen LogP contribution in [0.5, 0.6) is 0 Å². The van der Waals surface area contributed by atoms with Gasteiger partial charge in [0.05, 0.1) is 5.69 Å². The van der Waals surface area contributed by atoms with Gasteiger partial charge in [0.15, 0.2) is 0 Å². The fourth-order valence-corrected chi connectivity index (χ4v) is 1.92. The number of aromatic nitrogens is 4. The Bertz CT molecular complexity index is 623. The van der Waals surface area contributed by atoms with E-state index in [4.69, 9.17) is 0 Å². The summed E-state index contributed by atoms with van der Waals surface area (Å²) in [5.41, 5.74) is 2.15. The van der Waals surface area contributed by atoms with Crippen LogP contribution in [-0.2, 0) is 6.42 Å². The van der Waals surface area contributed by atoms with E-state index in [0.717, 1.165) is 23.8 Å². The summed E-state index contributed by atoms with van der Waals surface area (Å²) in [6.07, 6.45) is 6.64. The Hall–Kier alpha value is -2.36. The van der Waals surface area contributed by atoms with Gasteiger partial charge >= 0.3 is 0 Å². The summed E-state index contributed by atoms with van der Waals surface area (Å²) in [6.45, 7) is 2.10. The van der Waals surface area contributed by atoms with E-state index < -0.39 is 0 Å². The third kappa shape index (κ3) is 1.82. The number of aryl methyl sites for hydroxylation is 1. The molecule has 0 N–H and O–H groups in total. The smallest absolute Gasteiger partial charge is 0.235 e. The molecule has 2 heterocycles. The molecule has 0 radical (unpaired) electrons. The number of nitrogens with zero attached hydrogens (tertiary/aromatic N) is 4. The summed E-state index contributed by atoms with van der Waals surface area (Å²) >= 11 is 0. The van der Waals surface area contributed by atoms with Gasteiger partial charge in [0, 0.05) is 24.3 Å².